The summed E-state index contributed by atoms with van der Waals surface area (Å²) in [6.45, 7) is 0.705. The first-order valence-corrected chi connectivity index (χ1v) is 12.8. The summed E-state index contributed by atoms with van der Waals surface area (Å²) in [7, 11) is -1.92. The molecule has 1 atom stereocenters. The van der Waals surface area contributed by atoms with Gasteiger partial charge >= 0.3 is 0 Å². The Morgan fingerprint density at radius 2 is 1.93 bits per heavy atom. The number of benzene rings is 1. The van der Waals surface area contributed by atoms with Crippen molar-refractivity contribution in [2.75, 3.05) is 25.6 Å². The molecule has 0 radical (unpaired) electrons. The number of nitrogens with zero attached hydrogens (tertiary/aromatic N) is 1. The zero-order chi connectivity index (χ0) is 20.4. The van der Waals surface area contributed by atoms with Gasteiger partial charge in [-0.15, -0.1) is 0 Å². The summed E-state index contributed by atoms with van der Waals surface area (Å²) in [5.41, 5.74) is 0.800. The average Bonchev–Trinajstić information content (AvgIpc) is 2.70. The van der Waals surface area contributed by atoms with Gasteiger partial charge in [0, 0.05) is 19.0 Å². The molecule has 1 aliphatic carbocycles. The SMILES string of the molecule is CSCC[C@@H](NS(=O)(=O)/C=C/c1ccccc1)C(=O)N(C)CC1CCCCC1. The van der Waals surface area contributed by atoms with Crippen LogP contribution in [0.3, 0.4) is 0 Å². The van der Waals surface area contributed by atoms with Crippen LogP contribution < -0.4 is 4.72 Å². The standard InChI is InChI=1S/C21H32N2O3S2/c1-23(17-19-11-7-4-8-12-19)21(24)20(13-15-27-2)22-28(25,26)16-14-18-9-5-3-6-10-18/h3,5-6,9-10,14,16,19-20,22H,4,7-8,11-13,15,17H2,1-2H3/b16-14+/t20-/m1/s1. The van der Waals surface area contributed by atoms with Crippen molar-refractivity contribution in [1.82, 2.24) is 9.62 Å². The van der Waals surface area contributed by atoms with E-state index in [-0.39, 0.29) is 5.91 Å². The topological polar surface area (TPSA) is 66.5 Å². The minimum absolute atomic E-state index is 0.142. The molecule has 0 spiro atoms. The van der Waals surface area contributed by atoms with Gasteiger partial charge in [0.25, 0.3) is 0 Å². The van der Waals surface area contributed by atoms with Gasteiger partial charge in [-0.25, -0.2) is 8.42 Å². The fourth-order valence-corrected chi connectivity index (χ4v) is 5.05. The van der Waals surface area contributed by atoms with Gasteiger partial charge in [-0.3, -0.25) is 4.79 Å². The number of sulfonamides is 1. The summed E-state index contributed by atoms with van der Waals surface area (Å²) in [6.07, 6.45) is 10.0. The van der Waals surface area contributed by atoms with Gasteiger partial charge < -0.3 is 4.90 Å². The van der Waals surface area contributed by atoms with Gasteiger partial charge in [0.2, 0.25) is 15.9 Å². The predicted octanol–water partition coefficient (Wildman–Crippen LogP) is 3.74. The molecule has 0 heterocycles. The maximum absolute atomic E-state index is 12.9. The van der Waals surface area contributed by atoms with Crippen LogP contribution in [0.1, 0.15) is 44.1 Å². The van der Waals surface area contributed by atoms with E-state index in [4.69, 9.17) is 0 Å². The van der Waals surface area contributed by atoms with E-state index in [0.717, 1.165) is 29.6 Å². The van der Waals surface area contributed by atoms with E-state index in [9.17, 15) is 13.2 Å². The Hall–Kier alpha value is -1.31. The fraction of sp³-hybridized carbons (Fsp3) is 0.571. The van der Waals surface area contributed by atoms with E-state index < -0.39 is 16.1 Å². The molecule has 0 aromatic heterocycles. The second-order valence-corrected chi connectivity index (χ2v) is 10.0. The molecule has 1 aromatic rings. The lowest BCUT2D eigenvalue weighted by molar-refractivity contribution is -0.132. The Kier molecular flexibility index (Phi) is 9.55. The van der Waals surface area contributed by atoms with E-state index in [1.54, 1.807) is 29.8 Å². The van der Waals surface area contributed by atoms with Crippen molar-refractivity contribution >= 4 is 33.8 Å². The highest BCUT2D eigenvalue weighted by Gasteiger charge is 2.27. The van der Waals surface area contributed by atoms with Crippen LogP contribution in [0.4, 0.5) is 0 Å². The third kappa shape index (κ3) is 7.97. The van der Waals surface area contributed by atoms with Crippen molar-refractivity contribution in [3.8, 4) is 0 Å². The van der Waals surface area contributed by atoms with Crippen LogP contribution in [-0.4, -0.2) is 50.9 Å². The van der Waals surface area contributed by atoms with E-state index in [1.807, 2.05) is 36.6 Å². The summed E-state index contributed by atoms with van der Waals surface area (Å²) in [5.74, 6) is 1.10. The molecule has 0 unspecified atom stereocenters. The number of amides is 1. The highest BCUT2D eigenvalue weighted by atomic mass is 32.2. The van der Waals surface area contributed by atoms with Crippen LogP contribution in [-0.2, 0) is 14.8 Å². The molecule has 0 bridgehead atoms. The first kappa shape index (κ1) is 23.0. The van der Waals surface area contributed by atoms with Gasteiger partial charge in [0.1, 0.15) is 6.04 Å². The zero-order valence-electron chi connectivity index (χ0n) is 16.8. The number of likely N-dealkylation sites (N-methyl/N-ethyl adjacent to an activating group) is 1. The largest absolute Gasteiger partial charge is 0.344 e. The van der Waals surface area contributed by atoms with Gasteiger partial charge in [-0.05, 0) is 48.8 Å². The van der Waals surface area contributed by atoms with Crippen LogP contribution in [0.25, 0.3) is 6.08 Å². The lowest BCUT2D eigenvalue weighted by Crippen LogP contribution is -2.48. The van der Waals surface area contributed by atoms with Gasteiger partial charge in [-0.1, -0.05) is 49.6 Å². The quantitative estimate of drug-likeness (QED) is 0.621. The first-order valence-electron chi connectivity index (χ1n) is 9.90. The summed E-state index contributed by atoms with van der Waals surface area (Å²) in [4.78, 5) is 14.7. The minimum Gasteiger partial charge on any atom is -0.344 e. The van der Waals surface area contributed by atoms with Crippen LogP contribution in [0, 0.1) is 5.92 Å². The Morgan fingerprint density at radius 1 is 1.25 bits per heavy atom. The lowest BCUT2D eigenvalue weighted by atomic mass is 9.89. The first-order chi connectivity index (χ1) is 13.4. The third-order valence-corrected chi connectivity index (χ3v) is 6.84. The van der Waals surface area contributed by atoms with Gasteiger partial charge in [0.15, 0.2) is 0 Å². The molecule has 1 saturated carbocycles. The molecule has 1 N–H and O–H groups in total. The van der Waals surface area contributed by atoms with Crippen molar-refractivity contribution < 1.29 is 13.2 Å². The average molecular weight is 425 g/mol. The third-order valence-electron chi connectivity index (χ3n) is 5.09. The predicted molar refractivity (Wildman–Crippen MR) is 119 cm³/mol. The molecule has 156 valence electrons. The highest BCUT2D eigenvalue weighted by Crippen LogP contribution is 2.24. The second-order valence-electron chi connectivity index (χ2n) is 7.43. The van der Waals surface area contributed by atoms with E-state index in [1.165, 1.54) is 19.3 Å². The van der Waals surface area contributed by atoms with Crippen LogP contribution >= 0.6 is 11.8 Å². The number of rotatable bonds is 10. The fourth-order valence-electron chi connectivity index (χ4n) is 3.55. The van der Waals surface area contributed by atoms with Crippen LogP contribution in [0.2, 0.25) is 0 Å². The Labute approximate surface area is 174 Å². The lowest BCUT2D eigenvalue weighted by Gasteiger charge is -2.29. The molecule has 5 nitrogen and oxygen atoms in total. The maximum atomic E-state index is 12.9. The molecular weight excluding hydrogens is 392 g/mol. The molecule has 1 amide bonds. The van der Waals surface area contributed by atoms with E-state index in [2.05, 4.69) is 4.72 Å². The molecule has 28 heavy (non-hydrogen) atoms. The van der Waals surface area contributed by atoms with Crippen LogP contribution in [0.5, 0.6) is 0 Å². The molecule has 1 aliphatic rings. The number of carbonyl (C=O) groups excluding carboxylic acids is 1. The smallest absolute Gasteiger partial charge is 0.240 e. The molecule has 0 saturated heterocycles. The van der Waals surface area contributed by atoms with Crippen molar-refractivity contribution in [3.63, 3.8) is 0 Å². The molecule has 7 heteroatoms. The molecule has 1 fully saturated rings. The Balaban J connectivity index is 2.02. The van der Waals surface area contributed by atoms with Crippen molar-refractivity contribution in [2.45, 2.75) is 44.6 Å². The van der Waals surface area contributed by atoms with Crippen molar-refractivity contribution in [1.29, 1.82) is 0 Å². The molecule has 1 aromatic carbocycles. The number of hydrogen-bond acceptors (Lipinski definition) is 4. The number of carbonyl (C=O) groups is 1. The number of nitrogens with one attached hydrogen (secondary N) is 1. The molecule has 2 rings (SSSR count). The summed E-state index contributed by atoms with van der Waals surface area (Å²) < 4.78 is 27.6. The Morgan fingerprint density at radius 3 is 2.57 bits per heavy atom. The summed E-state index contributed by atoms with van der Waals surface area (Å²) in [6, 6.07) is 8.52. The minimum atomic E-state index is -3.71. The maximum Gasteiger partial charge on any atom is 0.240 e. The summed E-state index contributed by atoms with van der Waals surface area (Å²) in [5, 5.41) is 1.14. The van der Waals surface area contributed by atoms with Crippen molar-refractivity contribution in [2.24, 2.45) is 5.92 Å². The van der Waals surface area contributed by atoms with Gasteiger partial charge in [-0.2, -0.15) is 16.5 Å². The monoisotopic (exact) mass is 424 g/mol. The second kappa shape index (κ2) is 11.6. The normalized spacial score (nSPS) is 16.9. The number of thioether (sulfide) groups is 1. The Bertz CT molecular complexity index is 729. The molecule has 0 aliphatic heterocycles. The summed E-state index contributed by atoms with van der Waals surface area (Å²) >= 11 is 1.61. The van der Waals surface area contributed by atoms with Crippen LogP contribution in [0.15, 0.2) is 35.7 Å². The van der Waals surface area contributed by atoms with E-state index in [0.29, 0.717) is 18.9 Å². The van der Waals surface area contributed by atoms with Crippen molar-refractivity contribution in [3.05, 3.63) is 41.3 Å². The molecular formula is C21H32N2O3S2. The van der Waals surface area contributed by atoms with E-state index >= 15 is 0 Å². The highest BCUT2D eigenvalue weighted by molar-refractivity contribution is 7.98. The van der Waals surface area contributed by atoms with Gasteiger partial charge in [0.05, 0.1) is 0 Å². The number of hydrogen-bond donors (Lipinski definition) is 1. The zero-order valence-corrected chi connectivity index (χ0v) is 18.5.